The molecule has 3 rings (SSSR count). The lowest BCUT2D eigenvalue weighted by Gasteiger charge is -2.17. The van der Waals surface area contributed by atoms with Crippen LogP contribution in [0.15, 0.2) is 56.6 Å². The molecule has 0 fully saturated rings. The average molecular weight is 362 g/mol. The average Bonchev–Trinajstić information content (AvgIpc) is 2.99. The lowest BCUT2D eigenvalue weighted by atomic mass is 10.1. The molecule has 0 aliphatic carbocycles. The minimum atomic E-state index is -3.67. The maximum atomic E-state index is 12.7. The fourth-order valence-corrected chi connectivity index (χ4v) is 3.65. The highest BCUT2D eigenvalue weighted by Crippen LogP contribution is 2.20. The Balaban J connectivity index is 1.76. The number of hydrogen-bond donors (Lipinski definition) is 1. The smallest absolute Gasteiger partial charge is 0.417 e. The van der Waals surface area contributed by atoms with E-state index in [4.69, 9.17) is 9.15 Å². The van der Waals surface area contributed by atoms with Crippen molar-refractivity contribution in [2.75, 3.05) is 20.7 Å². The Morgan fingerprint density at radius 3 is 2.56 bits per heavy atom. The van der Waals surface area contributed by atoms with E-state index in [0.29, 0.717) is 18.5 Å². The zero-order valence-corrected chi connectivity index (χ0v) is 14.7. The number of aromatic amines is 1. The van der Waals surface area contributed by atoms with Crippen molar-refractivity contribution in [3.63, 3.8) is 0 Å². The number of nitrogens with zero attached hydrogens (tertiary/aromatic N) is 1. The molecule has 7 nitrogen and oxygen atoms in total. The number of hydrogen-bond acceptors (Lipinski definition) is 5. The molecular weight excluding hydrogens is 344 g/mol. The number of benzene rings is 2. The van der Waals surface area contributed by atoms with Crippen molar-refractivity contribution in [3.05, 3.63) is 58.6 Å². The first-order valence-corrected chi connectivity index (χ1v) is 9.06. The van der Waals surface area contributed by atoms with Crippen LogP contribution in [0.25, 0.3) is 11.1 Å². The van der Waals surface area contributed by atoms with Gasteiger partial charge in [0.2, 0.25) is 10.0 Å². The third-order valence-corrected chi connectivity index (χ3v) is 5.83. The predicted molar refractivity (Wildman–Crippen MR) is 93.3 cm³/mol. The Morgan fingerprint density at radius 1 is 1.16 bits per heavy atom. The molecule has 132 valence electrons. The molecule has 0 unspecified atom stereocenters. The number of nitrogens with one attached hydrogen (secondary N) is 1. The van der Waals surface area contributed by atoms with Crippen molar-refractivity contribution in [2.24, 2.45) is 0 Å². The van der Waals surface area contributed by atoms with E-state index in [2.05, 4.69) is 4.98 Å². The van der Waals surface area contributed by atoms with Gasteiger partial charge in [-0.05, 0) is 36.2 Å². The molecule has 0 aliphatic rings. The molecule has 0 atom stereocenters. The van der Waals surface area contributed by atoms with Gasteiger partial charge in [0, 0.05) is 19.7 Å². The number of oxazole rings is 1. The molecule has 2 aromatic carbocycles. The van der Waals surface area contributed by atoms with E-state index in [1.807, 2.05) is 24.3 Å². The molecule has 0 aliphatic heterocycles. The Kier molecular flexibility index (Phi) is 4.65. The Bertz CT molecular complexity index is 1030. The predicted octanol–water partition coefficient (Wildman–Crippen LogP) is 1.99. The molecule has 0 saturated heterocycles. The van der Waals surface area contributed by atoms with Gasteiger partial charge in [-0.25, -0.2) is 17.5 Å². The normalized spacial score (nSPS) is 12.0. The molecule has 25 heavy (non-hydrogen) atoms. The number of methoxy groups -OCH3 is 1. The number of likely N-dealkylation sites (N-methyl/N-ethyl adjacent to an activating group) is 1. The van der Waals surface area contributed by atoms with E-state index >= 15 is 0 Å². The second kappa shape index (κ2) is 6.73. The summed E-state index contributed by atoms with van der Waals surface area (Å²) >= 11 is 0. The van der Waals surface area contributed by atoms with Gasteiger partial charge < -0.3 is 9.15 Å². The first kappa shape index (κ1) is 17.2. The van der Waals surface area contributed by atoms with Crippen molar-refractivity contribution in [1.29, 1.82) is 0 Å². The van der Waals surface area contributed by atoms with E-state index in [1.165, 1.54) is 29.6 Å². The Morgan fingerprint density at radius 2 is 1.88 bits per heavy atom. The summed E-state index contributed by atoms with van der Waals surface area (Å²) in [4.78, 5) is 13.8. The summed E-state index contributed by atoms with van der Waals surface area (Å²) in [5, 5.41) is 0. The van der Waals surface area contributed by atoms with Gasteiger partial charge >= 0.3 is 5.76 Å². The van der Waals surface area contributed by atoms with Gasteiger partial charge in [0.25, 0.3) is 0 Å². The van der Waals surface area contributed by atoms with Crippen LogP contribution < -0.4 is 10.5 Å². The molecule has 0 amide bonds. The Labute approximate surface area is 144 Å². The van der Waals surface area contributed by atoms with Gasteiger partial charge in [-0.15, -0.1) is 0 Å². The van der Waals surface area contributed by atoms with Crippen molar-refractivity contribution >= 4 is 21.1 Å². The number of sulfonamides is 1. The molecular formula is C17H18N2O5S. The summed E-state index contributed by atoms with van der Waals surface area (Å²) in [6.45, 7) is 0.323. The summed E-state index contributed by atoms with van der Waals surface area (Å²) in [5.74, 6) is 0.142. The summed E-state index contributed by atoms with van der Waals surface area (Å²) in [6, 6.07) is 11.8. The van der Waals surface area contributed by atoms with Gasteiger partial charge in [0.1, 0.15) is 5.75 Å². The van der Waals surface area contributed by atoms with E-state index in [9.17, 15) is 13.2 Å². The molecule has 0 bridgehead atoms. The molecule has 0 saturated carbocycles. The van der Waals surface area contributed by atoms with Crippen molar-refractivity contribution in [2.45, 2.75) is 11.3 Å². The van der Waals surface area contributed by atoms with Crippen LogP contribution in [0.4, 0.5) is 0 Å². The number of fused-ring (bicyclic) bond motifs is 1. The standard InChI is InChI=1S/C17H18N2O5S/c1-19(10-9-12-3-5-13(23-2)6-4-12)25(21,22)14-7-8-15-16(11-14)24-17(20)18-15/h3-8,11H,9-10H2,1-2H3,(H,18,20). The maximum absolute atomic E-state index is 12.7. The monoisotopic (exact) mass is 362 g/mol. The van der Waals surface area contributed by atoms with Crippen LogP contribution in [0.3, 0.4) is 0 Å². The quantitative estimate of drug-likeness (QED) is 0.724. The summed E-state index contributed by atoms with van der Waals surface area (Å²) in [6.07, 6.45) is 0.571. The number of H-pyrrole nitrogens is 1. The number of ether oxygens (including phenoxy) is 1. The minimum absolute atomic E-state index is 0.0833. The molecule has 1 heterocycles. The highest BCUT2D eigenvalue weighted by Gasteiger charge is 2.21. The van der Waals surface area contributed by atoms with Crippen molar-refractivity contribution in [3.8, 4) is 5.75 Å². The van der Waals surface area contributed by atoms with Crippen LogP contribution in [-0.2, 0) is 16.4 Å². The van der Waals surface area contributed by atoms with E-state index in [0.717, 1.165) is 11.3 Å². The van der Waals surface area contributed by atoms with E-state index in [-0.39, 0.29) is 10.5 Å². The van der Waals surface area contributed by atoms with Crippen LogP contribution in [0.2, 0.25) is 0 Å². The number of rotatable bonds is 6. The minimum Gasteiger partial charge on any atom is -0.497 e. The van der Waals surface area contributed by atoms with E-state index in [1.54, 1.807) is 7.11 Å². The molecule has 8 heteroatoms. The maximum Gasteiger partial charge on any atom is 0.417 e. The fraction of sp³-hybridized carbons (Fsp3) is 0.235. The first-order valence-electron chi connectivity index (χ1n) is 7.62. The van der Waals surface area contributed by atoms with Gasteiger partial charge in [0.15, 0.2) is 5.58 Å². The zero-order valence-electron chi connectivity index (χ0n) is 13.9. The lowest BCUT2D eigenvalue weighted by Crippen LogP contribution is -2.29. The summed E-state index contributed by atoms with van der Waals surface area (Å²) in [5.41, 5.74) is 1.69. The SMILES string of the molecule is COc1ccc(CCN(C)S(=O)(=O)c2ccc3[nH]c(=O)oc3c2)cc1. The van der Waals surface area contributed by atoms with Gasteiger partial charge in [-0.2, -0.15) is 0 Å². The lowest BCUT2D eigenvalue weighted by molar-refractivity contribution is 0.414. The van der Waals surface area contributed by atoms with Gasteiger partial charge in [-0.1, -0.05) is 12.1 Å². The molecule has 3 aromatic rings. The zero-order chi connectivity index (χ0) is 18.0. The second-order valence-electron chi connectivity index (χ2n) is 5.60. The van der Waals surface area contributed by atoms with Crippen molar-refractivity contribution < 1.29 is 17.6 Å². The first-order chi connectivity index (χ1) is 11.9. The fourth-order valence-electron chi connectivity index (χ4n) is 2.47. The summed E-state index contributed by atoms with van der Waals surface area (Å²) in [7, 11) is -0.551. The van der Waals surface area contributed by atoms with Gasteiger partial charge in [0.05, 0.1) is 17.5 Å². The van der Waals surface area contributed by atoms with Crippen LogP contribution in [0, 0.1) is 0 Å². The van der Waals surface area contributed by atoms with Crippen LogP contribution >= 0.6 is 0 Å². The highest BCUT2D eigenvalue weighted by atomic mass is 32.2. The van der Waals surface area contributed by atoms with Gasteiger partial charge in [-0.3, -0.25) is 4.98 Å². The third-order valence-electron chi connectivity index (χ3n) is 3.98. The van der Waals surface area contributed by atoms with Crippen molar-refractivity contribution in [1.82, 2.24) is 9.29 Å². The summed E-state index contributed by atoms with van der Waals surface area (Å²) < 4.78 is 36.7. The molecule has 0 spiro atoms. The number of aromatic nitrogens is 1. The van der Waals surface area contributed by atoms with E-state index < -0.39 is 15.8 Å². The molecule has 0 radical (unpaired) electrons. The third kappa shape index (κ3) is 3.59. The topological polar surface area (TPSA) is 92.6 Å². The van der Waals surface area contributed by atoms with Crippen LogP contribution in [0.1, 0.15) is 5.56 Å². The van der Waals surface area contributed by atoms with Crippen LogP contribution in [0.5, 0.6) is 5.75 Å². The Hall–Kier alpha value is -2.58. The molecule has 1 N–H and O–H groups in total. The highest BCUT2D eigenvalue weighted by molar-refractivity contribution is 7.89. The van der Waals surface area contributed by atoms with Crippen LogP contribution in [-0.4, -0.2) is 38.4 Å². The largest absolute Gasteiger partial charge is 0.497 e. The molecule has 1 aromatic heterocycles. The second-order valence-corrected chi connectivity index (χ2v) is 7.64.